The SMILES string of the molecule is Cc1nc(NCc2nn(C)cc2Cl)sc1C. The molecular weight excluding hydrogens is 244 g/mol. The Bertz CT molecular complexity index is 483. The molecule has 2 rings (SSSR count). The van der Waals surface area contributed by atoms with E-state index in [-0.39, 0.29) is 0 Å². The second-order valence-corrected chi connectivity index (χ2v) is 5.22. The second-order valence-electron chi connectivity index (χ2n) is 3.61. The van der Waals surface area contributed by atoms with Gasteiger partial charge in [-0.15, -0.1) is 11.3 Å². The summed E-state index contributed by atoms with van der Waals surface area (Å²) in [5.41, 5.74) is 1.91. The van der Waals surface area contributed by atoms with Gasteiger partial charge in [0.1, 0.15) is 5.69 Å². The fraction of sp³-hybridized carbons (Fsp3) is 0.400. The molecule has 4 nitrogen and oxygen atoms in total. The predicted molar refractivity (Wildman–Crippen MR) is 67.1 cm³/mol. The Morgan fingerprint density at radius 2 is 2.25 bits per heavy atom. The Morgan fingerprint density at radius 1 is 1.50 bits per heavy atom. The number of halogens is 1. The monoisotopic (exact) mass is 256 g/mol. The van der Waals surface area contributed by atoms with Crippen LogP contribution in [-0.2, 0) is 13.6 Å². The van der Waals surface area contributed by atoms with Gasteiger partial charge in [-0.25, -0.2) is 4.98 Å². The molecule has 0 aromatic carbocycles. The van der Waals surface area contributed by atoms with Crippen LogP contribution < -0.4 is 5.32 Å². The van der Waals surface area contributed by atoms with E-state index in [4.69, 9.17) is 11.6 Å². The first-order valence-electron chi connectivity index (χ1n) is 4.92. The minimum atomic E-state index is 0.603. The lowest BCUT2D eigenvalue weighted by Gasteiger charge is -1.99. The third-order valence-corrected chi connectivity index (χ3v) is 3.64. The minimum Gasteiger partial charge on any atom is -0.356 e. The van der Waals surface area contributed by atoms with Gasteiger partial charge in [0, 0.05) is 18.1 Å². The smallest absolute Gasteiger partial charge is 0.183 e. The van der Waals surface area contributed by atoms with Crippen molar-refractivity contribution in [2.75, 3.05) is 5.32 Å². The van der Waals surface area contributed by atoms with E-state index in [9.17, 15) is 0 Å². The molecule has 2 aromatic rings. The lowest BCUT2D eigenvalue weighted by atomic mass is 10.4. The fourth-order valence-electron chi connectivity index (χ4n) is 1.33. The molecule has 0 unspecified atom stereocenters. The van der Waals surface area contributed by atoms with E-state index >= 15 is 0 Å². The van der Waals surface area contributed by atoms with Crippen LogP contribution in [-0.4, -0.2) is 14.8 Å². The van der Waals surface area contributed by atoms with Crippen LogP contribution in [0.2, 0.25) is 5.02 Å². The lowest BCUT2D eigenvalue weighted by Crippen LogP contribution is -2.01. The van der Waals surface area contributed by atoms with Crippen molar-refractivity contribution in [1.82, 2.24) is 14.8 Å². The summed E-state index contributed by atoms with van der Waals surface area (Å²) in [6.45, 7) is 4.67. The van der Waals surface area contributed by atoms with E-state index in [0.29, 0.717) is 11.6 Å². The first-order valence-corrected chi connectivity index (χ1v) is 6.11. The first kappa shape index (κ1) is 11.4. The Hall–Kier alpha value is -1.07. The number of thiazole rings is 1. The third kappa shape index (κ3) is 2.36. The van der Waals surface area contributed by atoms with Gasteiger partial charge in [0.2, 0.25) is 0 Å². The van der Waals surface area contributed by atoms with Crippen LogP contribution in [0.15, 0.2) is 6.20 Å². The summed E-state index contributed by atoms with van der Waals surface area (Å²) in [5, 5.41) is 9.07. The number of anilines is 1. The van der Waals surface area contributed by atoms with Crippen LogP contribution in [0.1, 0.15) is 16.3 Å². The van der Waals surface area contributed by atoms with Crippen molar-refractivity contribution in [3.63, 3.8) is 0 Å². The molecule has 0 bridgehead atoms. The molecule has 2 heterocycles. The van der Waals surface area contributed by atoms with Gasteiger partial charge < -0.3 is 5.32 Å². The largest absolute Gasteiger partial charge is 0.356 e. The topological polar surface area (TPSA) is 42.7 Å². The maximum atomic E-state index is 6.01. The summed E-state index contributed by atoms with van der Waals surface area (Å²) in [7, 11) is 1.85. The van der Waals surface area contributed by atoms with Crippen molar-refractivity contribution >= 4 is 28.1 Å². The molecule has 0 saturated heterocycles. The van der Waals surface area contributed by atoms with Crippen molar-refractivity contribution in [2.45, 2.75) is 20.4 Å². The normalized spacial score (nSPS) is 10.8. The highest BCUT2D eigenvalue weighted by Gasteiger charge is 2.07. The van der Waals surface area contributed by atoms with E-state index in [1.54, 1.807) is 22.2 Å². The molecule has 0 spiro atoms. The van der Waals surface area contributed by atoms with Crippen molar-refractivity contribution < 1.29 is 0 Å². The number of nitrogens with one attached hydrogen (secondary N) is 1. The molecule has 16 heavy (non-hydrogen) atoms. The Labute approximate surface area is 103 Å². The average Bonchev–Trinajstić information content (AvgIpc) is 2.68. The van der Waals surface area contributed by atoms with Crippen LogP contribution in [0, 0.1) is 13.8 Å². The molecule has 86 valence electrons. The van der Waals surface area contributed by atoms with E-state index < -0.39 is 0 Å². The fourth-order valence-corrected chi connectivity index (χ4v) is 2.39. The Balaban J connectivity index is 2.04. The molecule has 1 N–H and O–H groups in total. The van der Waals surface area contributed by atoms with Crippen LogP contribution in [0.25, 0.3) is 0 Å². The summed E-state index contributed by atoms with van der Waals surface area (Å²) >= 11 is 7.65. The van der Waals surface area contributed by atoms with Gasteiger partial charge in [0.15, 0.2) is 5.13 Å². The first-order chi connectivity index (χ1) is 7.56. The Morgan fingerprint density at radius 3 is 2.75 bits per heavy atom. The summed E-state index contributed by atoms with van der Waals surface area (Å²) < 4.78 is 1.71. The van der Waals surface area contributed by atoms with Crippen LogP contribution in [0.5, 0.6) is 0 Å². The highest BCUT2D eigenvalue weighted by Crippen LogP contribution is 2.22. The van der Waals surface area contributed by atoms with E-state index in [1.807, 2.05) is 14.0 Å². The second kappa shape index (κ2) is 4.43. The molecule has 0 amide bonds. The molecular formula is C10H13ClN4S. The highest BCUT2D eigenvalue weighted by molar-refractivity contribution is 7.15. The van der Waals surface area contributed by atoms with Gasteiger partial charge in [-0.1, -0.05) is 11.6 Å². The molecule has 6 heteroatoms. The van der Waals surface area contributed by atoms with Crippen molar-refractivity contribution in [3.8, 4) is 0 Å². The lowest BCUT2D eigenvalue weighted by molar-refractivity contribution is 0.747. The van der Waals surface area contributed by atoms with Crippen LogP contribution in [0.4, 0.5) is 5.13 Å². The van der Waals surface area contributed by atoms with Crippen molar-refractivity contribution in [2.24, 2.45) is 7.05 Å². The number of hydrogen-bond donors (Lipinski definition) is 1. The number of rotatable bonds is 3. The zero-order valence-electron chi connectivity index (χ0n) is 9.41. The van der Waals surface area contributed by atoms with Crippen LogP contribution >= 0.6 is 22.9 Å². The molecule has 2 aromatic heterocycles. The molecule has 0 atom stereocenters. The summed E-state index contributed by atoms with van der Waals surface area (Å²) in [5.74, 6) is 0. The van der Waals surface area contributed by atoms with Gasteiger partial charge in [0.25, 0.3) is 0 Å². The number of aryl methyl sites for hydroxylation is 3. The molecule has 0 fully saturated rings. The van der Waals surface area contributed by atoms with Crippen molar-refractivity contribution in [1.29, 1.82) is 0 Å². The quantitative estimate of drug-likeness (QED) is 0.918. The van der Waals surface area contributed by atoms with Gasteiger partial charge in [-0.2, -0.15) is 5.10 Å². The number of hydrogen-bond acceptors (Lipinski definition) is 4. The van der Waals surface area contributed by atoms with E-state index in [0.717, 1.165) is 16.5 Å². The zero-order valence-corrected chi connectivity index (χ0v) is 11.0. The third-order valence-electron chi connectivity index (χ3n) is 2.29. The summed E-state index contributed by atoms with van der Waals surface area (Å²) in [6.07, 6.45) is 1.79. The number of aromatic nitrogens is 3. The highest BCUT2D eigenvalue weighted by atomic mass is 35.5. The van der Waals surface area contributed by atoms with E-state index in [2.05, 4.69) is 22.3 Å². The standard InChI is InChI=1S/C10H13ClN4S/c1-6-7(2)16-10(13-6)12-4-9-8(11)5-15(3)14-9/h5H,4H2,1-3H3,(H,12,13). The molecule has 0 aliphatic carbocycles. The predicted octanol–water partition coefficient (Wildman–Crippen LogP) is 2.76. The van der Waals surface area contributed by atoms with Gasteiger partial charge in [-0.05, 0) is 13.8 Å². The molecule has 0 radical (unpaired) electrons. The zero-order chi connectivity index (χ0) is 11.7. The molecule has 0 saturated carbocycles. The average molecular weight is 257 g/mol. The molecule has 0 aliphatic heterocycles. The van der Waals surface area contributed by atoms with E-state index in [1.165, 1.54) is 4.88 Å². The maximum absolute atomic E-state index is 6.01. The summed E-state index contributed by atoms with van der Waals surface area (Å²) in [4.78, 5) is 5.62. The van der Waals surface area contributed by atoms with Crippen LogP contribution in [0.3, 0.4) is 0 Å². The van der Waals surface area contributed by atoms with Crippen molar-refractivity contribution in [3.05, 3.63) is 27.5 Å². The molecule has 0 aliphatic rings. The van der Waals surface area contributed by atoms with Gasteiger partial charge in [-0.3, -0.25) is 4.68 Å². The maximum Gasteiger partial charge on any atom is 0.183 e. The summed E-state index contributed by atoms with van der Waals surface area (Å²) in [6, 6.07) is 0. The van der Waals surface area contributed by atoms with Gasteiger partial charge >= 0.3 is 0 Å². The Kier molecular flexibility index (Phi) is 3.16. The number of nitrogens with zero attached hydrogens (tertiary/aromatic N) is 3. The minimum absolute atomic E-state index is 0.603. The van der Waals surface area contributed by atoms with Gasteiger partial charge in [0.05, 0.1) is 17.3 Å².